The summed E-state index contributed by atoms with van der Waals surface area (Å²) in [4.78, 5) is 22.8. The Morgan fingerprint density at radius 2 is 1.91 bits per heavy atom. The fourth-order valence-corrected chi connectivity index (χ4v) is 2.71. The molecule has 2 atom stereocenters. The lowest BCUT2D eigenvalue weighted by Crippen LogP contribution is -2.34. The number of hydrogen-bond acceptors (Lipinski definition) is 2. The monoisotopic (exact) mass is 333 g/mol. The third kappa shape index (κ3) is 4.20. The maximum atomic E-state index is 13.7. The summed E-state index contributed by atoms with van der Waals surface area (Å²) in [6.45, 7) is 0. The Bertz CT molecular complexity index is 615. The minimum atomic E-state index is -4.34. The van der Waals surface area contributed by atoms with Gasteiger partial charge in [-0.2, -0.15) is 13.2 Å². The van der Waals surface area contributed by atoms with Gasteiger partial charge in [0.25, 0.3) is 0 Å². The Labute approximate surface area is 129 Å². The van der Waals surface area contributed by atoms with Crippen LogP contribution in [0.5, 0.6) is 0 Å². The SMILES string of the molecule is O=C(O)c1ccc(NC(=O)C2CCCC(C(F)(F)F)C2)c(F)c1. The molecule has 1 amide bonds. The molecule has 1 aliphatic rings. The van der Waals surface area contributed by atoms with E-state index in [1.54, 1.807) is 0 Å². The van der Waals surface area contributed by atoms with Gasteiger partial charge in [0.15, 0.2) is 0 Å². The van der Waals surface area contributed by atoms with E-state index in [1.807, 2.05) is 0 Å². The normalized spacial score (nSPS) is 21.7. The number of carboxylic acid groups (broad SMARTS) is 1. The van der Waals surface area contributed by atoms with Crippen molar-refractivity contribution in [3.63, 3.8) is 0 Å². The average molecular weight is 333 g/mol. The zero-order valence-electron chi connectivity index (χ0n) is 12.0. The molecule has 4 nitrogen and oxygen atoms in total. The van der Waals surface area contributed by atoms with Crippen molar-refractivity contribution in [2.24, 2.45) is 11.8 Å². The lowest BCUT2D eigenvalue weighted by atomic mass is 9.80. The number of carboxylic acids is 1. The molecule has 1 aliphatic carbocycles. The summed E-state index contributed by atoms with van der Waals surface area (Å²) >= 11 is 0. The third-order valence-electron chi connectivity index (χ3n) is 3.98. The van der Waals surface area contributed by atoms with E-state index >= 15 is 0 Å². The molecule has 0 aliphatic heterocycles. The highest BCUT2D eigenvalue weighted by molar-refractivity contribution is 5.94. The van der Waals surface area contributed by atoms with Crippen LogP contribution in [0.25, 0.3) is 0 Å². The lowest BCUT2D eigenvalue weighted by Gasteiger charge is -2.29. The highest BCUT2D eigenvalue weighted by Crippen LogP contribution is 2.40. The Balaban J connectivity index is 2.06. The standard InChI is InChI=1S/C15H15F4NO3/c16-11-7-9(14(22)23)4-5-12(11)20-13(21)8-2-1-3-10(6-8)15(17,18)19/h4-5,7-8,10H,1-3,6H2,(H,20,21)(H,22,23). The molecule has 0 radical (unpaired) electrons. The molecule has 126 valence electrons. The molecule has 23 heavy (non-hydrogen) atoms. The molecule has 0 heterocycles. The fourth-order valence-electron chi connectivity index (χ4n) is 2.71. The summed E-state index contributed by atoms with van der Waals surface area (Å²) in [5, 5.41) is 11.0. The number of rotatable bonds is 3. The van der Waals surface area contributed by atoms with Gasteiger partial charge in [0.05, 0.1) is 17.2 Å². The van der Waals surface area contributed by atoms with E-state index < -0.39 is 35.7 Å². The van der Waals surface area contributed by atoms with Crippen molar-refractivity contribution in [3.05, 3.63) is 29.6 Å². The number of carbonyl (C=O) groups is 2. The zero-order valence-corrected chi connectivity index (χ0v) is 12.0. The molecule has 8 heteroatoms. The summed E-state index contributed by atoms with van der Waals surface area (Å²) in [5.74, 6) is -5.30. The summed E-state index contributed by atoms with van der Waals surface area (Å²) < 4.78 is 52.0. The molecule has 2 N–H and O–H groups in total. The second kappa shape index (κ2) is 6.55. The number of halogens is 4. The van der Waals surface area contributed by atoms with Crippen molar-refractivity contribution in [3.8, 4) is 0 Å². The topological polar surface area (TPSA) is 66.4 Å². The largest absolute Gasteiger partial charge is 0.478 e. The van der Waals surface area contributed by atoms with Gasteiger partial charge in [-0.15, -0.1) is 0 Å². The predicted octanol–water partition coefficient (Wildman–Crippen LogP) is 3.83. The maximum absolute atomic E-state index is 13.7. The van der Waals surface area contributed by atoms with Crippen LogP contribution >= 0.6 is 0 Å². The van der Waals surface area contributed by atoms with E-state index in [9.17, 15) is 27.2 Å². The van der Waals surface area contributed by atoms with Crippen LogP contribution in [-0.2, 0) is 4.79 Å². The summed E-state index contributed by atoms with van der Waals surface area (Å²) in [7, 11) is 0. The van der Waals surface area contributed by atoms with Crippen LogP contribution in [0.15, 0.2) is 18.2 Å². The maximum Gasteiger partial charge on any atom is 0.391 e. The van der Waals surface area contributed by atoms with E-state index in [4.69, 9.17) is 5.11 Å². The first kappa shape index (κ1) is 17.2. The highest BCUT2D eigenvalue weighted by atomic mass is 19.4. The quantitative estimate of drug-likeness (QED) is 0.826. The average Bonchev–Trinajstić information content (AvgIpc) is 2.48. The molecular weight excluding hydrogens is 318 g/mol. The Kier molecular flexibility index (Phi) is 4.91. The van der Waals surface area contributed by atoms with E-state index in [1.165, 1.54) is 0 Å². The van der Waals surface area contributed by atoms with Gasteiger partial charge in [-0.25, -0.2) is 9.18 Å². The summed E-state index contributed by atoms with van der Waals surface area (Å²) in [6, 6.07) is 2.94. The van der Waals surface area contributed by atoms with Crippen LogP contribution in [0, 0.1) is 17.7 Å². The molecule has 2 rings (SSSR count). The number of anilines is 1. The van der Waals surface area contributed by atoms with Gasteiger partial charge in [0, 0.05) is 5.92 Å². The van der Waals surface area contributed by atoms with E-state index in [0.717, 1.165) is 18.2 Å². The first-order valence-electron chi connectivity index (χ1n) is 7.09. The Morgan fingerprint density at radius 1 is 1.22 bits per heavy atom. The molecule has 1 saturated carbocycles. The second-order valence-electron chi connectivity index (χ2n) is 5.59. The summed E-state index contributed by atoms with van der Waals surface area (Å²) in [6.07, 6.45) is -4.07. The van der Waals surface area contributed by atoms with Gasteiger partial charge >= 0.3 is 12.1 Å². The van der Waals surface area contributed by atoms with Crippen molar-refractivity contribution in [2.75, 3.05) is 5.32 Å². The second-order valence-corrected chi connectivity index (χ2v) is 5.59. The van der Waals surface area contributed by atoms with Crippen LogP contribution in [0.3, 0.4) is 0 Å². The number of carbonyl (C=O) groups excluding carboxylic acids is 1. The minimum absolute atomic E-state index is 0.00501. The molecule has 0 saturated heterocycles. The van der Waals surface area contributed by atoms with Gasteiger partial charge < -0.3 is 10.4 Å². The van der Waals surface area contributed by atoms with Crippen LogP contribution in [0.1, 0.15) is 36.0 Å². The highest BCUT2D eigenvalue weighted by Gasteiger charge is 2.43. The first-order chi connectivity index (χ1) is 10.7. The van der Waals surface area contributed by atoms with E-state index in [2.05, 4.69) is 5.32 Å². The van der Waals surface area contributed by atoms with Crippen LogP contribution in [0.2, 0.25) is 0 Å². The third-order valence-corrected chi connectivity index (χ3v) is 3.98. The van der Waals surface area contributed by atoms with Crippen molar-refractivity contribution >= 4 is 17.6 Å². The molecule has 0 bridgehead atoms. The number of nitrogens with one attached hydrogen (secondary N) is 1. The predicted molar refractivity (Wildman–Crippen MR) is 73.5 cm³/mol. The van der Waals surface area contributed by atoms with Gasteiger partial charge in [0.2, 0.25) is 5.91 Å². The van der Waals surface area contributed by atoms with Crippen LogP contribution < -0.4 is 5.32 Å². The van der Waals surface area contributed by atoms with Crippen molar-refractivity contribution in [1.29, 1.82) is 0 Å². The van der Waals surface area contributed by atoms with Gasteiger partial charge in [0.1, 0.15) is 5.82 Å². The molecular formula is C15H15F4NO3. The number of aromatic carboxylic acids is 1. The van der Waals surface area contributed by atoms with Crippen LogP contribution in [0.4, 0.5) is 23.2 Å². The smallest absolute Gasteiger partial charge is 0.391 e. The number of alkyl halides is 3. The number of hydrogen-bond donors (Lipinski definition) is 2. The van der Waals surface area contributed by atoms with Gasteiger partial charge in [-0.05, 0) is 37.5 Å². The first-order valence-corrected chi connectivity index (χ1v) is 7.09. The van der Waals surface area contributed by atoms with Crippen molar-refractivity contribution in [1.82, 2.24) is 0 Å². The molecule has 1 aromatic carbocycles. The number of benzene rings is 1. The Hall–Kier alpha value is -2.12. The fraction of sp³-hybridized carbons (Fsp3) is 0.467. The van der Waals surface area contributed by atoms with Crippen LogP contribution in [-0.4, -0.2) is 23.2 Å². The molecule has 0 aromatic heterocycles. The van der Waals surface area contributed by atoms with Crippen molar-refractivity contribution < 1.29 is 32.3 Å². The van der Waals surface area contributed by atoms with E-state index in [-0.39, 0.29) is 30.5 Å². The Morgan fingerprint density at radius 3 is 2.48 bits per heavy atom. The van der Waals surface area contributed by atoms with Gasteiger partial charge in [-0.1, -0.05) is 6.42 Å². The lowest BCUT2D eigenvalue weighted by molar-refractivity contribution is -0.185. The molecule has 1 fully saturated rings. The molecule has 0 spiro atoms. The summed E-state index contributed by atoms with van der Waals surface area (Å²) in [5.41, 5.74) is -0.524. The number of amides is 1. The zero-order chi connectivity index (χ0) is 17.2. The van der Waals surface area contributed by atoms with Crippen molar-refractivity contribution in [2.45, 2.75) is 31.9 Å². The minimum Gasteiger partial charge on any atom is -0.478 e. The van der Waals surface area contributed by atoms with E-state index in [0.29, 0.717) is 6.42 Å². The molecule has 2 unspecified atom stereocenters. The van der Waals surface area contributed by atoms with Gasteiger partial charge in [-0.3, -0.25) is 4.79 Å². The molecule has 1 aromatic rings.